The molecule has 1 aliphatic rings. The Morgan fingerprint density at radius 2 is 1.59 bits per heavy atom. The van der Waals surface area contributed by atoms with E-state index in [1.54, 1.807) is 0 Å². The standard InChI is InChI=1S/C20H21F2N7/c1-28-8-10-29(11-9-28)16-5-2-14(3-6-16)24-19-13-23-27-20(26-19)25-15-4-7-17(21)18(22)12-15/h2-7,12-13H,8-11H2,1H3,(H2,24,25,26,27). The molecule has 0 atom stereocenters. The molecule has 0 radical (unpaired) electrons. The van der Waals surface area contributed by atoms with Crippen molar-refractivity contribution in [3.8, 4) is 0 Å². The SMILES string of the molecule is CN1CCN(c2ccc(Nc3cnnc(Nc4ccc(F)c(F)c4)n3)cc2)CC1. The van der Waals surface area contributed by atoms with E-state index in [4.69, 9.17) is 0 Å². The predicted octanol–water partition coefficient (Wildman–Crippen LogP) is 3.39. The number of halogens is 2. The summed E-state index contributed by atoms with van der Waals surface area (Å²) in [4.78, 5) is 8.99. The molecular formula is C20H21F2N7. The Labute approximate surface area is 167 Å². The highest BCUT2D eigenvalue weighted by Gasteiger charge is 2.14. The molecule has 29 heavy (non-hydrogen) atoms. The Morgan fingerprint density at radius 3 is 2.31 bits per heavy atom. The number of aromatic nitrogens is 3. The monoisotopic (exact) mass is 397 g/mol. The van der Waals surface area contributed by atoms with Crippen molar-refractivity contribution in [2.24, 2.45) is 0 Å². The lowest BCUT2D eigenvalue weighted by atomic mass is 10.2. The Hall–Kier alpha value is -3.33. The first-order valence-electron chi connectivity index (χ1n) is 9.29. The van der Waals surface area contributed by atoms with Crippen LogP contribution < -0.4 is 15.5 Å². The van der Waals surface area contributed by atoms with E-state index in [-0.39, 0.29) is 5.95 Å². The lowest BCUT2D eigenvalue weighted by molar-refractivity contribution is 0.313. The van der Waals surface area contributed by atoms with Gasteiger partial charge in [0.05, 0.1) is 6.20 Å². The molecule has 0 spiro atoms. The number of likely N-dealkylation sites (N-methyl/N-ethyl adjacent to an activating group) is 1. The fraction of sp³-hybridized carbons (Fsp3) is 0.250. The van der Waals surface area contributed by atoms with Crippen LogP contribution in [0.2, 0.25) is 0 Å². The molecular weight excluding hydrogens is 376 g/mol. The van der Waals surface area contributed by atoms with Crippen LogP contribution in [-0.4, -0.2) is 53.3 Å². The van der Waals surface area contributed by atoms with Crippen molar-refractivity contribution in [2.75, 3.05) is 48.8 Å². The van der Waals surface area contributed by atoms with Gasteiger partial charge in [-0.1, -0.05) is 0 Å². The quantitative estimate of drug-likeness (QED) is 0.684. The number of nitrogens with zero attached hydrogens (tertiary/aromatic N) is 5. The van der Waals surface area contributed by atoms with E-state index >= 15 is 0 Å². The average Bonchev–Trinajstić information content (AvgIpc) is 2.72. The molecule has 7 nitrogen and oxygen atoms in total. The second kappa shape index (κ2) is 8.36. The van der Waals surface area contributed by atoms with Gasteiger partial charge in [-0.3, -0.25) is 0 Å². The number of anilines is 5. The van der Waals surface area contributed by atoms with Gasteiger partial charge in [0.2, 0.25) is 5.95 Å². The zero-order valence-corrected chi connectivity index (χ0v) is 15.9. The predicted molar refractivity (Wildman–Crippen MR) is 109 cm³/mol. The topological polar surface area (TPSA) is 69.2 Å². The van der Waals surface area contributed by atoms with Crippen LogP contribution in [0.4, 0.5) is 37.6 Å². The first kappa shape index (κ1) is 19.0. The van der Waals surface area contributed by atoms with Gasteiger partial charge in [0.15, 0.2) is 17.5 Å². The maximum Gasteiger partial charge on any atom is 0.249 e. The van der Waals surface area contributed by atoms with E-state index in [1.807, 2.05) is 12.1 Å². The number of rotatable bonds is 5. The summed E-state index contributed by atoms with van der Waals surface area (Å²) in [6.07, 6.45) is 1.49. The fourth-order valence-corrected chi connectivity index (χ4v) is 3.09. The highest BCUT2D eigenvalue weighted by molar-refractivity contribution is 5.62. The molecule has 1 saturated heterocycles. The first-order chi connectivity index (χ1) is 14.1. The third kappa shape index (κ3) is 4.75. The molecule has 2 aromatic carbocycles. The van der Waals surface area contributed by atoms with Crippen molar-refractivity contribution in [1.82, 2.24) is 20.1 Å². The molecule has 1 fully saturated rings. The summed E-state index contributed by atoms with van der Waals surface area (Å²) < 4.78 is 26.4. The molecule has 150 valence electrons. The van der Waals surface area contributed by atoms with Gasteiger partial charge in [0.1, 0.15) is 0 Å². The van der Waals surface area contributed by atoms with Gasteiger partial charge in [-0.15, -0.1) is 5.10 Å². The smallest absolute Gasteiger partial charge is 0.249 e. The largest absolute Gasteiger partial charge is 0.369 e. The maximum atomic E-state index is 13.3. The van der Waals surface area contributed by atoms with Crippen molar-refractivity contribution in [3.63, 3.8) is 0 Å². The number of hydrogen-bond donors (Lipinski definition) is 2. The van der Waals surface area contributed by atoms with Crippen LogP contribution in [0.15, 0.2) is 48.7 Å². The van der Waals surface area contributed by atoms with Gasteiger partial charge in [0, 0.05) is 49.3 Å². The first-order valence-corrected chi connectivity index (χ1v) is 9.29. The van der Waals surface area contributed by atoms with Crippen LogP contribution in [0.5, 0.6) is 0 Å². The van der Waals surface area contributed by atoms with Gasteiger partial charge < -0.3 is 20.4 Å². The van der Waals surface area contributed by atoms with Crippen LogP contribution in [0.3, 0.4) is 0 Å². The summed E-state index contributed by atoms with van der Waals surface area (Å²) in [6.45, 7) is 4.14. The van der Waals surface area contributed by atoms with Crippen LogP contribution in [0.25, 0.3) is 0 Å². The van der Waals surface area contributed by atoms with E-state index in [1.165, 1.54) is 18.0 Å². The lowest BCUT2D eigenvalue weighted by Gasteiger charge is -2.34. The minimum Gasteiger partial charge on any atom is -0.369 e. The number of nitrogens with one attached hydrogen (secondary N) is 2. The maximum absolute atomic E-state index is 13.3. The fourth-order valence-electron chi connectivity index (χ4n) is 3.09. The van der Waals surface area contributed by atoms with E-state index in [9.17, 15) is 8.78 Å². The molecule has 9 heteroatoms. The van der Waals surface area contributed by atoms with Crippen molar-refractivity contribution in [2.45, 2.75) is 0 Å². The molecule has 0 saturated carbocycles. The lowest BCUT2D eigenvalue weighted by Crippen LogP contribution is -2.44. The molecule has 1 aliphatic heterocycles. The third-order valence-corrected chi connectivity index (χ3v) is 4.74. The molecule has 0 aliphatic carbocycles. The minimum atomic E-state index is -0.947. The third-order valence-electron chi connectivity index (χ3n) is 4.74. The molecule has 2 heterocycles. The Kier molecular flexibility index (Phi) is 5.48. The van der Waals surface area contributed by atoms with E-state index in [0.29, 0.717) is 11.5 Å². The Bertz CT molecular complexity index is 973. The van der Waals surface area contributed by atoms with Crippen molar-refractivity contribution in [3.05, 3.63) is 60.3 Å². The van der Waals surface area contributed by atoms with E-state index in [0.717, 1.165) is 44.0 Å². The van der Waals surface area contributed by atoms with Gasteiger partial charge >= 0.3 is 0 Å². The molecule has 0 unspecified atom stereocenters. The van der Waals surface area contributed by atoms with Crippen LogP contribution in [-0.2, 0) is 0 Å². The highest BCUT2D eigenvalue weighted by atomic mass is 19.2. The van der Waals surface area contributed by atoms with E-state index in [2.05, 4.69) is 54.8 Å². The van der Waals surface area contributed by atoms with Crippen LogP contribution >= 0.6 is 0 Å². The highest BCUT2D eigenvalue weighted by Crippen LogP contribution is 2.22. The number of hydrogen-bond acceptors (Lipinski definition) is 7. The summed E-state index contributed by atoms with van der Waals surface area (Å²) in [6, 6.07) is 11.6. The van der Waals surface area contributed by atoms with E-state index < -0.39 is 11.6 Å². The Morgan fingerprint density at radius 1 is 0.862 bits per heavy atom. The molecule has 1 aromatic heterocycles. The summed E-state index contributed by atoms with van der Waals surface area (Å²) in [7, 11) is 2.13. The van der Waals surface area contributed by atoms with Crippen molar-refractivity contribution < 1.29 is 8.78 Å². The van der Waals surface area contributed by atoms with Gasteiger partial charge in [-0.2, -0.15) is 10.1 Å². The molecule has 2 N–H and O–H groups in total. The number of piperazine rings is 1. The summed E-state index contributed by atoms with van der Waals surface area (Å²) in [5, 5.41) is 13.8. The van der Waals surface area contributed by atoms with Crippen LogP contribution in [0.1, 0.15) is 0 Å². The Balaban J connectivity index is 1.41. The summed E-state index contributed by atoms with van der Waals surface area (Å²) >= 11 is 0. The van der Waals surface area contributed by atoms with Gasteiger partial charge in [-0.25, -0.2) is 8.78 Å². The van der Waals surface area contributed by atoms with Crippen molar-refractivity contribution >= 4 is 28.8 Å². The normalized spacial score (nSPS) is 14.7. The van der Waals surface area contributed by atoms with Gasteiger partial charge in [-0.05, 0) is 43.4 Å². The molecule has 3 aromatic rings. The van der Waals surface area contributed by atoms with Crippen LogP contribution in [0, 0.1) is 11.6 Å². The number of benzene rings is 2. The van der Waals surface area contributed by atoms with Crippen molar-refractivity contribution in [1.29, 1.82) is 0 Å². The minimum absolute atomic E-state index is 0.176. The second-order valence-electron chi connectivity index (χ2n) is 6.88. The molecule has 0 amide bonds. The zero-order valence-electron chi connectivity index (χ0n) is 15.9. The summed E-state index contributed by atoms with van der Waals surface area (Å²) in [5.41, 5.74) is 2.38. The zero-order chi connectivity index (χ0) is 20.2. The molecule has 4 rings (SSSR count). The molecule has 0 bridgehead atoms. The average molecular weight is 397 g/mol. The van der Waals surface area contributed by atoms with Gasteiger partial charge in [0.25, 0.3) is 0 Å². The summed E-state index contributed by atoms with van der Waals surface area (Å²) in [5.74, 6) is -1.20. The second-order valence-corrected chi connectivity index (χ2v) is 6.88.